The highest BCUT2D eigenvalue weighted by atomic mass is 16.5. The monoisotopic (exact) mass is 253 g/mol. The molecule has 0 aromatic carbocycles. The van der Waals surface area contributed by atoms with Crippen LogP contribution in [0, 0.1) is 0 Å². The van der Waals surface area contributed by atoms with Gasteiger partial charge < -0.3 is 20.7 Å². The van der Waals surface area contributed by atoms with Crippen LogP contribution in [-0.2, 0) is 4.74 Å². The van der Waals surface area contributed by atoms with Gasteiger partial charge in [0.15, 0.2) is 6.23 Å². The third-order valence-corrected chi connectivity index (χ3v) is 2.90. The van der Waals surface area contributed by atoms with Crippen molar-refractivity contribution in [2.45, 2.75) is 25.4 Å². The Morgan fingerprint density at radius 1 is 1.67 bits per heavy atom. The van der Waals surface area contributed by atoms with E-state index in [0.717, 1.165) is 0 Å². The smallest absolute Gasteiger partial charge is 0.351 e. The number of aromatic nitrogens is 2. The molecule has 4 N–H and O–H groups in total. The maximum atomic E-state index is 11.7. The van der Waals surface area contributed by atoms with Crippen LogP contribution in [0.2, 0.25) is 0 Å². The van der Waals surface area contributed by atoms with Gasteiger partial charge in [0.05, 0.1) is 6.61 Å². The van der Waals surface area contributed by atoms with Crippen molar-refractivity contribution in [1.29, 1.82) is 0 Å². The van der Waals surface area contributed by atoms with Crippen LogP contribution < -0.4 is 11.4 Å². The summed E-state index contributed by atoms with van der Waals surface area (Å²) in [5.41, 5.74) is 5.36. The number of nitrogens with two attached hydrogens (primary N) is 1. The summed E-state index contributed by atoms with van der Waals surface area (Å²) in [6.45, 7) is 1.40. The van der Waals surface area contributed by atoms with Crippen LogP contribution in [-0.4, -0.2) is 38.6 Å². The summed E-state index contributed by atoms with van der Waals surface area (Å²) >= 11 is 0. The maximum absolute atomic E-state index is 11.7. The molecule has 0 unspecified atom stereocenters. The Morgan fingerprint density at radius 3 is 2.94 bits per heavy atom. The standard InChI is InChI=1S/C11H15N3O4/c1-2-6-9(16)7(5-15)18-10(6)14-4-3-8(12)13-11(14)17/h2-4,7,9-10,15-16H,5H2,1H3,(H2,12,13,17)/b6-2-/t7-,9+,10-/m1/s1. The SMILES string of the molecule is C/C=C1\[C@H](n2ccc(N)nc2=O)O[C@H](CO)[C@H]1O. The Kier molecular flexibility index (Phi) is 3.46. The second kappa shape index (κ2) is 4.89. The molecule has 2 rings (SSSR count). The molecule has 0 bridgehead atoms. The van der Waals surface area contributed by atoms with Crippen LogP contribution in [0.15, 0.2) is 28.7 Å². The number of aliphatic hydroxyl groups excluding tert-OH is 2. The average Bonchev–Trinajstić information content (AvgIpc) is 2.65. The molecule has 1 saturated heterocycles. The van der Waals surface area contributed by atoms with Crippen LogP contribution in [0.5, 0.6) is 0 Å². The molecule has 98 valence electrons. The number of hydrogen-bond donors (Lipinski definition) is 3. The minimum Gasteiger partial charge on any atom is -0.394 e. The molecular formula is C11H15N3O4. The molecule has 18 heavy (non-hydrogen) atoms. The fraction of sp³-hybridized carbons (Fsp3) is 0.455. The predicted molar refractivity (Wildman–Crippen MR) is 63.7 cm³/mol. The van der Waals surface area contributed by atoms with Crippen molar-refractivity contribution in [3.05, 3.63) is 34.4 Å². The lowest BCUT2D eigenvalue weighted by Gasteiger charge is -2.15. The van der Waals surface area contributed by atoms with E-state index in [9.17, 15) is 9.90 Å². The molecular weight excluding hydrogens is 238 g/mol. The Hall–Kier alpha value is -1.70. The molecule has 1 fully saturated rings. The van der Waals surface area contributed by atoms with Gasteiger partial charge in [0.2, 0.25) is 0 Å². The van der Waals surface area contributed by atoms with Gasteiger partial charge in [-0.1, -0.05) is 6.08 Å². The van der Waals surface area contributed by atoms with E-state index in [4.69, 9.17) is 15.6 Å². The quantitative estimate of drug-likeness (QED) is 0.584. The molecule has 7 heteroatoms. The number of hydrogen-bond acceptors (Lipinski definition) is 6. The van der Waals surface area contributed by atoms with E-state index in [-0.39, 0.29) is 12.4 Å². The van der Waals surface area contributed by atoms with Gasteiger partial charge in [-0.05, 0) is 13.0 Å². The number of rotatable bonds is 2. The van der Waals surface area contributed by atoms with Crippen molar-refractivity contribution in [2.24, 2.45) is 0 Å². The summed E-state index contributed by atoms with van der Waals surface area (Å²) in [4.78, 5) is 15.3. The molecule has 0 aliphatic carbocycles. The van der Waals surface area contributed by atoms with E-state index in [1.165, 1.54) is 16.8 Å². The molecule has 1 aromatic rings. The van der Waals surface area contributed by atoms with Crippen LogP contribution >= 0.6 is 0 Å². The van der Waals surface area contributed by atoms with Crippen molar-refractivity contribution in [2.75, 3.05) is 12.3 Å². The third-order valence-electron chi connectivity index (χ3n) is 2.90. The zero-order chi connectivity index (χ0) is 13.3. The zero-order valence-electron chi connectivity index (χ0n) is 9.85. The summed E-state index contributed by atoms with van der Waals surface area (Å²) in [7, 11) is 0. The fourth-order valence-electron chi connectivity index (χ4n) is 1.97. The van der Waals surface area contributed by atoms with E-state index in [1.54, 1.807) is 13.0 Å². The molecule has 1 aliphatic heterocycles. The maximum Gasteiger partial charge on any atom is 0.351 e. The number of nitrogen functional groups attached to an aromatic ring is 1. The molecule has 0 saturated carbocycles. The van der Waals surface area contributed by atoms with Gasteiger partial charge in [0, 0.05) is 11.8 Å². The van der Waals surface area contributed by atoms with E-state index >= 15 is 0 Å². The number of anilines is 1. The van der Waals surface area contributed by atoms with Gasteiger partial charge in [0.25, 0.3) is 0 Å². The molecule has 7 nitrogen and oxygen atoms in total. The number of aliphatic hydroxyl groups is 2. The lowest BCUT2D eigenvalue weighted by atomic mass is 10.1. The highest BCUT2D eigenvalue weighted by molar-refractivity contribution is 5.25. The lowest BCUT2D eigenvalue weighted by molar-refractivity contribution is -0.0447. The fourth-order valence-corrected chi connectivity index (χ4v) is 1.97. The van der Waals surface area contributed by atoms with E-state index in [2.05, 4.69) is 4.98 Å². The van der Waals surface area contributed by atoms with Crippen LogP contribution in [0.25, 0.3) is 0 Å². The first-order chi connectivity index (χ1) is 8.58. The normalized spacial score (nSPS) is 29.9. The van der Waals surface area contributed by atoms with Crippen molar-refractivity contribution in [1.82, 2.24) is 9.55 Å². The summed E-state index contributed by atoms with van der Waals surface area (Å²) < 4.78 is 6.67. The number of allylic oxidation sites excluding steroid dienone is 1. The van der Waals surface area contributed by atoms with Crippen LogP contribution in [0.3, 0.4) is 0 Å². The largest absolute Gasteiger partial charge is 0.394 e. The highest BCUT2D eigenvalue weighted by Gasteiger charge is 2.39. The lowest BCUT2D eigenvalue weighted by Crippen LogP contribution is -2.28. The minimum atomic E-state index is -0.936. The Labute approximate surface area is 103 Å². The first kappa shape index (κ1) is 12.7. The Bertz CT molecular complexity index is 525. The molecule has 1 aromatic heterocycles. The summed E-state index contributed by atoms with van der Waals surface area (Å²) in [5.74, 6) is 0.121. The molecule has 0 radical (unpaired) electrons. The van der Waals surface area contributed by atoms with Crippen molar-refractivity contribution < 1.29 is 14.9 Å². The van der Waals surface area contributed by atoms with Crippen LogP contribution in [0.1, 0.15) is 13.2 Å². The van der Waals surface area contributed by atoms with Crippen molar-refractivity contribution >= 4 is 5.82 Å². The Morgan fingerprint density at radius 2 is 2.39 bits per heavy atom. The molecule has 0 amide bonds. The Balaban J connectivity index is 2.41. The summed E-state index contributed by atoms with van der Waals surface area (Å²) in [6, 6.07) is 1.47. The van der Waals surface area contributed by atoms with Gasteiger partial charge >= 0.3 is 5.69 Å². The second-order valence-corrected chi connectivity index (χ2v) is 3.99. The summed E-state index contributed by atoms with van der Waals surface area (Å²) in [5, 5.41) is 19.0. The zero-order valence-corrected chi connectivity index (χ0v) is 9.85. The molecule has 0 spiro atoms. The van der Waals surface area contributed by atoms with Gasteiger partial charge in [-0.2, -0.15) is 4.98 Å². The number of ether oxygens (including phenoxy) is 1. The average molecular weight is 253 g/mol. The highest BCUT2D eigenvalue weighted by Crippen LogP contribution is 2.32. The number of nitrogens with zero attached hydrogens (tertiary/aromatic N) is 2. The molecule has 1 aliphatic rings. The summed E-state index contributed by atoms with van der Waals surface area (Å²) in [6.07, 6.45) is 0.668. The van der Waals surface area contributed by atoms with Crippen molar-refractivity contribution in [3.63, 3.8) is 0 Å². The topological polar surface area (TPSA) is 111 Å². The van der Waals surface area contributed by atoms with Crippen LogP contribution in [0.4, 0.5) is 5.82 Å². The second-order valence-electron chi connectivity index (χ2n) is 3.99. The van der Waals surface area contributed by atoms with E-state index in [1.807, 2.05) is 0 Å². The van der Waals surface area contributed by atoms with E-state index in [0.29, 0.717) is 5.57 Å². The first-order valence-corrected chi connectivity index (χ1v) is 5.53. The molecule has 2 heterocycles. The van der Waals surface area contributed by atoms with Gasteiger partial charge in [-0.15, -0.1) is 0 Å². The van der Waals surface area contributed by atoms with Gasteiger partial charge in [-0.25, -0.2) is 4.79 Å². The van der Waals surface area contributed by atoms with Gasteiger partial charge in [0.1, 0.15) is 18.0 Å². The first-order valence-electron chi connectivity index (χ1n) is 5.53. The third kappa shape index (κ3) is 2.03. The minimum absolute atomic E-state index is 0.121. The van der Waals surface area contributed by atoms with Gasteiger partial charge in [-0.3, -0.25) is 4.57 Å². The van der Waals surface area contributed by atoms with E-state index < -0.39 is 24.1 Å². The van der Waals surface area contributed by atoms with Crippen molar-refractivity contribution in [3.8, 4) is 0 Å². The predicted octanol–water partition coefficient (Wildman–Crippen LogP) is -0.978. The molecule has 3 atom stereocenters.